The highest BCUT2D eigenvalue weighted by Gasteiger charge is 2.27. The molecule has 1 fully saturated rings. The van der Waals surface area contributed by atoms with Gasteiger partial charge in [0.25, 0.3) is 0 Å². The van der Waals surface area contributed by atoms with Crippen LogP contribution in [0, 0.1) is 5.82 Å². The largest absolute Gasteiger partial charge is 0.487 e. The molecule has 3 aromatic heterocycles. The van der Waals surface area contributed by atoms with Gasteiger partial charge in [0, 0.05) is 36.5 Å². The summed E-state index contributed by atoms with van der Waals surface area (Å²) in [5.41, 5.74) is 2.77. The third-order valence-corrected chi connectivity index (χ3v) is 5.86. The van der Waals surface area contributed by atoms with E-state index in [9.17, 15) is 4.39 Å². The Bertz CT molecular complexity index is 1200. The normalized spacial score (nSPS) is 19.3. The van der Waals surface area contributed by atoms with Crippen LogP contribution in [-0.2, 0) is 7.05 Å². The maximum absolute atomic E-state index is 13.9. The van der Waals surface area contributed by atoms with Crippen LogP contribution in [0.5, 0.6) is 5.75 Å². The molecule has 0 N–H and O–H groups in total. The number of rotatable bonds is 4. The Kier molecular flexibility index (Phi) is 4.90. The number of aromatic nitrogens is 5. The molecule has 1 aliphatic rings. The van der Waals surface area contributed by atoms with Gasteiger partial charge in [-0.15, -0.1) is 0 Å². The molecule has 8 heteroatoms. The molecule has 3 heterocycles. The molecule has 0 amide bonds. The number of hydrogen-bond donors (Lipinski definition) is 0. The van der Waals surface area contributed by atoms with Gasteiger partial charge in [0.05, 0.1) is 23.9 Å². The molecule has 0 spiro atoms. The molecule has 0 saturated heterocycles. The number of pyridine rings is 1. The number of benzene rings is 1. The molecule has 4 aromatic rings. The second-order valence-corrected chi connectivity index (χ2v) is 8.09. The van der Waals surface area contributed by atoms with E-state index in [1.165, 1.54) is 6.07 Å². The fourth-order valence-electron chi connectivity index (χ4n) is 4.17. The maximum atomic E-state index is 13.9. The lowest BCUT2D eigenvalue weighted by atomic mass is 9.93. The molecule has 6 nitrogen and oxygen atoms in total. The van der Waals surface area contributed by atoms with Crippen molar-refractivity contribution >= 4 is 22.5 Å². The van der Waals surface area contributed by atoms with Gasteiger partial charge in [-0.25, -0.2) is 9.37 Å². The van der Waals surface area contributed by atoms with Crippen molar-refractivity contribution < 1.29 is 9.13 Å². The third-order valence-electron chi connectivity index (χ3n) is 5.66. The smallest absolute Gasteiger partial charge is 0.165 e. The molecule has 5 rings (SSSR count). The summed E-state index contributed by atoms with van der Waals surface area (Å²) in [7, 11) is 1.88. The summed E-state index contributed by atoms with van der Waals surface area (Å²) in [5.74, 6) is 0.00292. The highest BCUT2D eigenvalue weighted by Crippen LogP contribution is 2.36. The number of hydrogen-bond acceptors (Lipinski definition) is 4. The minimum absolute atomic E-state index is 0.00280. The second-order valence-electron chi connectivity index (χ2n) is 7.70. The highest BCUT2D eigenvalue weighted by atomic mass is 35.5. The van der Waals surface area contributed by atoms with E-state index in [1.54, 1.807) is 35.3 Å². The first kappa shape index (κ1) is 19.1. The number of halogens is 2. The maximum Gasteiger partial charge on any atom is 0.165 e. The van der Waals surface area contributed by atoms with Crippen molar-refractivity contribution in [1.82, 2.24) is 24.5 Å². The minimum atomic E-state index is -0.319. The number of aryl methyl sites for hydroxylation is 1. The SMILES string of the molecule is Cn1cc(-c2nn([C@H]3CC[C@@H](Oc4ccccc4F)CC3)c3cc(Cl)ncc23)cn1. The fraction of sp³-hybridized carbons (Fsp3) is 0.318. The predicted octanol–water partition coefficient (Wildman–Crippen LogP) is 5.19. The Labute approximate surface area is 178 Å². The van der Waals surface area contributed by atoms with Crippen molar-refractivity contribution in [2.24, 2.45) is 7.05 Å². The molecular formula is C22H21ClFN5O. The van der Waals surface area contributed by atoms with Crippen molar-refractivity contribution in [3.05, 3.63) is 59.9 Å². The fourth-order valence-corrected chi connectivity index (χ4v) is 4.32. The lowest BCUT2D eigenvalue weighted by Gasteiger charge is -2.29. The van der Waals surface area contributed by atoms with Crippen molar-refractivity contribution in [2.75, 3.05) is 0 Å². The zero-order valence-corrected chi connectivity index (χ0v) is 17.3. The summed E-state index contributed by atoms with van der Waals surface area (Å²) in [6.07, 6.45) is 8.98. The quantitative estimate of drug-likeness (QED) is 0.422. The molecule has 1 saturated carbocycles. The first-order chi connectivity index (χ1) is 14.6. The van der Waals surface area contributed by atoms with Gasteiger partial charge in [-0.05, 0) is 37.8 Å². The Morgan fingerprint density at radius 3 is 2.67 bits per heavy atom. The van der Waals surface area contributed by atoms with Gasteiger partial charge < -0.3 is 4.74 Å². The molecule has 0 radical (unpaired) electrons. The second kappa shape index (κ2) is 7.72. The molecule has 1 aliphatic carbocycles. The minimum Gasteiger partial charge on any atom is -0.487 e. The van der Waals surface area contributed by atoms with Crippen LogP contribution in [0.3, 0.4) is 0 Å². The van der Waals surface area contributed by atoms with Crippen molar-refractivity contribution in [2.45, 2.75) is 37.8 Å². The van der Waals surface area contributed by atoms with Crippen LogP contribution < -0.4 is 4.74 Å². The van der Waals surface area contributed by atoms with Crippen LogP contribution in [0.4, 0.5) is 4.39 Å². The van der Waals surface area contributed by atoms with Crippen LogP contribution in [0.1, 0.15) is 31.7 Å². The zero-order valence-electron chi connectivity index (χ0n) is 16.5. The Morgan fingerprint density at radius 2 is 1.93 bits per heavy atom. The lowest BCUT2D eigenvalue weighted by molar-refractivity contribution is 0.126. The monoisotopic (exact) mass is 425 g/mol. The number of nitrogens with zero attached hydrogens (tertiary/aromatic N) is 5. The number of ether oxygens (including phenoxy) is 1. The summed E-state index contributed by atoms with van der Waals surface area (Å²) in [6.45, 7) is 0. The van der Waals surface area contributed by atoms with E-state index in [2.05, 4.69) is 14.8 Å². The highest BCUT2D eigenvalue weighted by molar-refractivity contribution is 6.30. The van der Waals surface area contributed by atoms with Crippen molar-refractivity contribution in [1.29, 1.82) is 0 Å². The predicted molar refractivity (Wildman–Crippen MR) is 113 cm³/mol. The van der Waals surface area contributed by atoms with Gasteiger partial charge in [0.1, 0.15) is 10.8 Å². The standard InChI is InChI=1S/C22H21ClFN5O/c1-28-13-14(11-26-28)22-17-12-25-21(23)10-19(17)29(27-22)15-6-8-16(9-7-15)30-20-5-3-2-4-18(20)24/h2-5,10-13,15-16H,6-9H2,1H3/t15-,16+. The first-order valence-corrected chi connectivity index (χ1v) is 10.4. The molecule has 1 aromatic carbocycles. The van der Waals surface area contributed by atoms with Crippen LogP contribution in [0.2, 0.25) is 5.15 Å². The molecule has 154 valence electrons. The summed E-state index contributed by atoms with van der Waals surface area (Å²) >= 11 is 6.19. The van der Waals surface area contributed by atoms with Gasteiger partial charge in [-0.3, -0.25) is 9.36 Å². The average molecular weight is 426 g/mol. The number of para-hydroxylation sites is 1. The Hall–Kier alpha value is -2.93. The van der Waals surface area contributed by atoms with Crippen molar-refractivity contribution in [3.8, 4) is 17.0 Å². The van der Waals surface area contributed by atoms with Gasteiger partial charge >= 0.3 is 0 Å². The first-order valence-electron chi connectivity index (χ1n) is 10.0. The average Bonchev–Trinajstić information content (AvgIpc) is 3.33. The lowest BCUT2D eigenvalue weighted by Crippen LogP contribution is -2.26. The molecule has 0 unspecified atom stereocenters. The third kappa shape index (κ3) is 3.54. The molecule has 30 heavy (non-hydrogen) atoms. The Balaban J connectivity index is 1.40. The molecule has 0 bridgehead atoms. The number of fused-ring (bicyclic) bond motifs is 1. The Morgan fingerprint density at radius 1 is 1.13 bits per heavy atom. The van der Waals surface area contributed by atoms with Crippen molar-refractivity contribution in [3.63, 3.8) is 0 Å². The topological polar surface area (TPSA) is 57.8 Å². The van der Waals surface area contributed by atoms with E-state index in [1.807, 2.05) is 19.3 Å². The van der Waals surface area contributed by atoms with E-state index in [-0.39, 0.29) is 18.0 Å². The summed E-state index contributed by atoms with van der Waals surface area (Å²) in [6, 6.07) is 8.65. The molecule has 0 aliphatic heterocycles. The van der Waals surface area contributed by atoms with E-state index < -0.39 is 0 Å². The summed E-state index contributed by atoms with van der Waals surface area (Å²) in [5, 5.41) is 10.6. The van der Waals surface area contributed by atoms with Crippen LogP contribution in [0.15, 0.2) is 48.9 Å². The van der Waals surface area contributed by atoms with E-state index in [0.717, 1.165) is 47.8 Å². The van der Waals surface area contributed by atoms with Gasteiger partial charge in [-0.2, -0.15) is 10.2 Å². The van der Waals surface area contributed by atoms with Gasteiger partial charge in [-0.1, -0.05) is 23.7 Å². The van der Waals surface area contributed by atoms with Gasteiger partial charge in [0.2, 0.25) is 0 Å². The summed E-state index contributed by atoms with van der Waals surface area (Å²) in [4.78, 5) is 4.26. The van der Waals surface area contributed by atoms with Crippen LogP contribution in [-0.4, -0.2) is 30.6 Å². The zero-order chi connectivity index (χ0) is 20.7. The van der Waals surface area contributed by atoms with Crippen LogP contribution in [0.25, 0.3) is 22.2 Å². The van der Waals surface area contributed by atoms with Crippen LogP contribution >= 0.6 is 11.6 Å². The van der Waals surface area contributed by atoms with E-state index in [4.69, 9.17) is 21.4 Å². The van der Waals surface area contributed by atoms with E-state index in [0.29, 0.717) is 10.9 Å². The van der Waals surface area contributed by atoms with Gasteiger partial charge in [0.15, 0.2) is 11.6 Å². The molecular weight excluding hydrogens is 405 g/mol. The molecule has 0 atom stereocenters. The summed E-state index contributed by atoms with van der Waals surface area (Å²) < 4.78 is 23.6. The van der Waals surface area contributed by atoms with E-state index >= 15 is 0 Å².